The van der Waals surface area contributed by atoms with Gasteiger partial charge < -0.3 is 15.1 Å². The van der Waals surface area contributed by atoms with Gasteiger partial charge in [0.2, 0.25) is 0 Å². The van der Waals surface area contributed by atoms with Crippen LogP contribution in [0.15, 0.2) is 24.3 Å². The van der Waals surface area contributed by atoms with Crippen LogP contribution in [0, 0.1) is 0 Å². The van der Waals surface area contributed by atoms with E-state index in [1.807, 2.05) is 17.0 Å². The topological polar surface area (TPSA) is 35.6 Å². The first kappa shape index (κ1) is 21.1. The highest BCUT2D eigenvalue weighted by atomic mass is 35.5. The first-order valence-electron chi connectivity index (χ1n) is 8.54. The van der Waals surface area contributed by atoms with E-state index >= 15 is 0 Å². The number of fused-ring (bicyclic) bond motifs is 2. The third kappa shape index (κ3) is 4.78. The second-order valence-electron chi connectivity index (χ2n) is 6.65. The van der Waals surface area contributed by atoms with Gasteiger partial charge in [-0.05, 0) is 49.9 Å². The maximum absolute atomic E-state index is 12.7. The van der Waals surface area contributed by atoms with E-state index in [1.54, 1.807) is 0 Å². The van der Waals surface area contributed by atoms with Crippen molar-refractivity contribution in [2.45, 2.75) is 44.7 Å². The van der Waals surface area contributed by atoms with E-state index in [9.17, 15) is 4.79 Å². The predicted octanol–water partition coefficient (Wildman–Crippen LogP) is 3.34. The molecular formula is C18H29Cl2N3O. The molecule has 1 amide bonds. The quantitative estimate of drug-likeness (QED) is 0.878. The van der Waals surface area contributed by atoms with Crippen LogP contribution in [-0.4, -0.2) is 49.6 Å². The Bertz CT molecular complexity index is 524. The molecule has 0 radical (unpaired) electrons. The fraction of sp³-hybridized carbons (Fsp3) is 0.611. The molecule has 2 bridgehead atoms. The first-order chi connectivity index (χ1) is 10.7. The van der Waals surface area contributed by atoms with Crippen LogP contribution in [0.25, 0.3) is 0 Å². The number of carbonyl (C=O) groups is 1. The molecule has 136 valence electrons. The molecule has 0 spiro atoms. The highest BCUT2D eigenvalue weighted by molar-refractivity contribution is 5.94. The Balaban J connectivity index is 0.00000144. The average molecular weight is 374 g/mol. The van der Waals surface area contributed by atoms with E-state index in [4.69, 9.17) is 0 Å². The van der Waals surface area contributed by atoms with Crippen LogP contribution in [0.4, 0.5) is 5.69 Å². The average Bonchev–Trinajstić information content (AvgIpc) is 2.86. The Morgan fingerprint density at radius 2 is 1.83 bits per heavy atom. The summed E-state index contributed by atoms with van der Waals surface area (Å²) in [6.45, 7) is 4.95. The summed E-state index contributed by atoms with van der Waals surface area (Å²) >= 11 is 0. The molecule has 2 heterocycles. The van der Waals surface area contributed by atoms with Gasteiger partial charge in [-0.2, -0.15) is 0 Å². The van der Waals surface area contributed by atoms with Gasteiger partial charge in [-0.1, -0.05) is 6.92 Å². The molecule has 1 aromatic carbocycles. The van der Waals surface area contributed by atoms with Gasteiger partial charge >= 0.3 is 0 Å². The molecule has 2 saturated heterocycles. The fourth-order valence-corrected chi connectivity index (χ4v) is 3.63. The third-order valence-corrected chi connectivity index (χ3v) is 4.92. The van der Waals surface area contributed by atoms with E-state index in [2.05, 4.69) is 36.3 Å². The minimum atomic E-state index is 0. The summed E-state index contributed by atoms with van der Waals surface area (Å²) in [6, 6.07) is 9.18. The zero-order valence-corrected chi connectivity index (χ0v) is 16.2. The molecule has 2 fully saturated rings. The lowest BCUT2D eigenvalue weighted by atomic mass is 10.1. The van der Waals surface area contributed by atoms with E-state index in [0.29, 0.717) is 12.1 Å². The molecule has 1 aromatic rings. The predicted molar refractivity (Wildman–Crippen MR) is 105 cm³/mol. The Morgan fingerprint density at radius 1 is 1.17 bits per heavy atom. The Hall–Kier alpha value is -0.970. The largest absolute Gasteiger partial charge is 0.375 e. The standard InChI is InChI=1S/C18H27N3O.2ClH/c1-3-11-20(2)17-8-4-14(5-9-17)18(22)21-12-10-15-6-7-16(13-21)19-15;;/h4-5,8-9,15-16,19H,3,6-7,10-13H2,1-2H3;2*1H. The van der Waals surface area contributed by atoms with Crippen molar-refractivity contribution >= 4 is 36.4 Å². The van der Waals surface area contributed by atoms with Gasteiger partial charge in [0.1, 0.15) is 0 Å². The van der Waals surface area contributed by atoms with Crippen LogP contribution < -0.4 is 10.2 Å². The van der Waals surface area contributed by atoms with Gasteiger partial charge in [0.25, 0.3) is 5.91 Å². The normalized spacial score (nSPS) is 22.2. The lowest BCUT2D eigenvalue weighted by Crippen LogP contribution is -2.39. The minimum absolute atomic E-state index is 0. The molecule has 0 aliphatic carbocycles. The van der Waals surface area contributed by atoms with Crippen molar-refractivity contribution in [2.75, 3.05) is 31.6 Å². The molecule has 2 unspecified atom stereocenters. The van der Waals surface area contributed by atoms with E-state index in [-0.39, 0.29) is 30.7 Å². The summed E-state index contributed by atoms with van der Waals surface area (Å²) in [6.07, 6.45) is 4.68. The zero-order chi connectivity index (χ0) is 15.5. The van der Waals surface area contributed by atoms with E-state index < -0.39 is 0 Å². The number of hydrogen-bond donors (Lipinski definition) is 1. The molecule has 2 aliphatic rings. The molecule has 0 aromatic heterocycles. The number of benzene rings is 1. The number of hydrogen-bond acceptors (Lipinski definition) is 3. The number of rotatable bonds is 4. The maximum Gasteiger partial charge on any atom is 0.253 e. The minimum Gasteiger partial charge on any atom is -0.375 e. The van der Waals surface area contributed by atoms with Gasteiger partial charge in [-0.3, -0.25) is 4.79 Å². The lowest BCUT2D eigenvalue weighted by molar-refractivity contribution is 0.0748. The molecule has 2 atom stereocenters. The smallest absolute Gasteiger partial charge is 0.253 e. The van der Waals surface area contributed by atoms with Crippen molar-refractivity contribution in [1.29, 1.82) is 0 Å². The van der Waals surface area contributed by atoms with Gasteiger partial charge in [0.05, 0.1) is 0 Å². The van der Waals surface area contributed by atoms with Crippen LogP contribution >= 0.6 is 24.8 Å². The number of anilines is 1. The van der Waals surface area contributed by atoms with Crippen LogP contribution in [0.3, 0.4) is 0 Å². The second-order valence-corrected chi connectivity index (χ2v) is 6.65. The van der Waals surface area contributed by atoms with Crippen LogP contribution in [-0.2, 0) is 0 Å². The molecule has 24 heavy (non-hydrogen) atoms. The van der Waals surface area contributed by atoms with Crippen molar-refractivity contribution in [3.63, 3.8) is 0 Å². The van der Waals surface area contributed by atoms with Crippen LogP contribution in [0.2, 0.25) is 0 Å². The molecular weight excluding hydrogens is 345 g/mol. The number of amides is 1. The number of likely N-dealkylation sites (tertiary alicyclic amines) is 1. The summed E-state index contributed by atoms with van der Waals surface area (Å²) in [7, 11) is 2.09. The molecule has 6 heteroatoms. The summed E-state index contributed by atoms with van der Waals surface area (Å²) in [5.74, 6) is 0.180. The molecule has 3 rings (SSSR count). The van der Waals surface area contributed by atoms with Crippen molar-refractivity contribution in [1.82, 2.24) is 10.2 Å². The van der Waals surface area contributed by atoms with Crippen LogP contribution in [0.1, 0.15) is 43.0 Å². The van der Waals surface area contributed by atoms with Crippen molar-refractivity contribution < 1.29 is 4.79 Å². The molecule has 1 N–H and O–H groups in total. The fourth-order valence-electron chi connectivity index (χ4n) is 3.63. The van der Waals surface area contributed by atoms with Crippen molar-refractivity contribution in [3.8, 4) is 0 Å². The lowest BCUT2D eigenvalue weighted by Gasteiger charge is -2.25. The SMILES string of the molecule is CCCN(C)c1ccc(C(=O)N2CCC3CCC(C2)N3)cc1.Cl.Cl. The van der Waals surface area contributed by atoms with Gasteiger partial charge in [-0.25, -0.2) is 0 Å². The van der Waals surface area contributed by atoms with Crippen molar-refractivity contribution in [2.24, 2.45) is 0 Å². The van der Waals surface area contributed by atoms with E-state index in [0.717, 1.165) is 38.0 Å². The number of carbonyl (C=O) groups excluding carboxylic acids is 1. The Morgan fingerprint density at radius 3 is 2.50 bits per heavy atom. The second kappa shape index (κ2) is 9.50. The highest BCUT2D eigenvalue weighted by Crippen LogP contribution is 2.22. The number of halogens is 2. The van der Waals surface area contributed by atoms with Crippen LogP contribution in [0.5, 0.6) is 0 Å². The monoisotopic (exact) mass is 373 g/mol. The number of nitrogens with zero attached hydrogens (tertiary/aromatic N) is 2. The summed E-state index contributed by atoms with van der Waals surface area (Å²) in [5.41, 5.74) is 1.99. The van der Waals surface area contributed by atoms with Gasteiger partial charge in [0, 0.05) is 50.0 Å². The van der Waals surface area contributed by atoms with Gasteiger partial charge in [-0.15, -0.1) is 24.8 Å². The Kier molecular flexibility index (Phi) is 8.34. The summed E-state index contributed by atoms with van der Waals surface area (Å²) in [5, 5.41) is 3.63. The van der Waals surface area contributed by atoms with Gasteiger partial charge in [0.15, 0.2) is 0 Å². The maximum atomic E-state index is 12.7. The third-order valence-electron chi connectivity index (χ3n) is 4.92. The number of nitrogens with one attached hydrogen (secondary N) is 1. The Labute approximate surface area is 157 Å². The molecule has 4 nitrogen and oxygen atoms in total. The zero-order valence-electron chi connectivity index (χ0n) is 14.5. The summed E-state index contributed by atoms with van der Waals surface area (Å²) < 4.78 is 0. The molecule has 0 saturated carbocycles. The molecule has 2 aliphatic heterocycles. The van der Waals surface area contributed by atoms with E-state index in [1.165, 1.54) is 18.5 Å². The highest BCUT2D eigenvalue weighted by Gasteiger charge is 2.31. The summed E-state index contributed by atoms with van der Waals surface area (Å²) in [4.78, 5) is 17.0. The first-order valence-corrected chi connectivity index (χ1v) is 8.54. The van der Waals surface area contributed by atoms with Crippen molar-refractivity contribution in [3.05, 3.63) is 29.8 Å².